The normalized spacial score (nSPS) is 17.2. The van der Waals surface area contributed by atoms with Crippen LogP contribution in [0, 0.1) is 0 Å². The lowest BCUT2D eigenvalue weighted by atomic mass is 10.1. The second-order valence-electron chi connectivity index (χ2n) is 4.78. The lowest BCUT2D eigenvalue weighted by Gasteiger charge is -2.20. The molecule has 0 saturated carbocycles. The summed E-state index contributed by atoms with van der Waals surface area (Å²) in [5, 5.41) is 0. The standard InChI is InChI=1S/C14H18BrNO3/c1-16(6-5-14(17)18-2)9-12-8-10-7-11(15)3-4-13(10)19-12/h3-4,7,12H,5-6,8-9H2,1-2H3. The van der Waals surface area contributed by atoms with Crippen LogP contribution in [0.5, 0.6) is 5.75 Å². The van der Waals surface area contributed by atoms with Crippen molar-refractivity contribution < 1.29 is 14.3 Å². The monoisotopic (exact) mass is 327 g/mol. The molecule has 4 nitrogen and oxygen atoms in total. The summed E-state index contributed by atoms with van der Waals surface area (Å²) >= 11 is 3.47. The van der Waals surface area contributed by atoms with Crippen LogP contribution < -0.4 is 4.74 Å². The molecule has 5 heteroatoms. The van der Waals surface area contributed by atoms with Crippen molar-refractivity contribution in [3.05, 3.63) is 28.2 Å². The molecule has 1 aromatic rings. The van der Waals surface area contributed by atoms with Gasteiger partial charge < -0.3 is 14.4 Å². The lowest BCUT2D eigenvalue weighted by molar-refractivity contribution is -0.140. The van der Waals surface area contributed by atoms with Crippen LogP contribution in [0.4, 0.5) is 0 Å². The molecular weight excluding hydrogens is 310 g/mol. The third-order valence-electron chi connectivity index (χ3n) is 3.20. The molecule has 19 heavy (non-hydrogen) atoms. The summed E-state index contributed by atoms with van der Waals surface area (Å²) < 4.78 is 11.6. The van der Waals surface area contributed by atoms with E-state index in [2.05, 4.69) is 31.6 Å². The SMILES string of the molecule is COC(=O)CCN(C)CC1Cc2cc(Br)ccc2O1. The number of rotatable bonds is 5. The maximum atomic E-state index is 11.1. The molecule has 104 valence electrons. The highest BCUT2D eigenvalue weighted by Gasteiger charge is 2.24. The maximum Gasteiger partial charge on any atom is 0.306 e. The molecular formula is C14H18BrNO3. The van der Waals surface area contributed by atoms with Crippen molar-refractivity contribution in [3.63, 3.8) is 0 Å². The van der Waals surface area contributed by atoms with Crippen molar-refractivity contribution in [3.8, 4) is 5.75 Å². The van der Waals surface area contributed by atoms with E-state index in [-0.39, 0.29) is 12.1 Å². The molecule has 0 radical (unpaired) electrons. The zero-order valence-electron chi connectivity index (χ0n) is 11.2. The second kappa shape index (κ2) is 6.39. The fourth-order valence-electron chi connectivity index (χ4n) is 2.21. The zero-order valence-corrected chi connectivity index (χ0v) is 12.8. The number of ether oxygens (including phenoxy) is 2. The number of halogens is 1. The number of esters is 1. The van der Waals surface area contributed by atoms with Gasteiger partial charge in [-0.25, -0.2) is 0 Å². The van der Waals surface area contributed by atoms with Crippen LogP contribution in [-0.2, 0) is 16.0 Å². The van der Waals surface area contributed by atoms with E-state index in [1.807, 2.05) is 19.2 Å². The van der Waals surface area contributed by atoms with Gasteiger partial charge in [0.15, 0.2) is 0 Å². The van der Waals surface area contributed by atoms with Gasteiger partial charge in [-0.1, -0.05) is 15.9 Å². The Morgan fingerprint density at radius 2 is 2.37 bits per heavy atom. The Hall–Kier alpha value is -1.07. The summed E-state index contributed by atoms with van der Waals surface area (Å²) in [6.45, 7) is 1.50. The average molecular weight is 328 g/mol. The predicted octanol–water partition coefficient (Wildman–Crippen LogP) is 2.25. The van der Waals surface area contributed by atoms with E-state index < -0.39 is 0 Å². The number of fused-ring (bicyclic) bond motifs is 1. The second-order valence-corrected chi connectivity index (χ2v) is 5.70. The Morgan fingerprint density at radius 3 is 3.11 bits per heavy atom. The van der Waals surface area contributed by atoms with Gasteiger partial charge in [-0.3, -0.25) is 4.79 Å². The highest BCUT2D eigenvalue weighted by atomic mass is 79.9. The molecule has 1 heterocycles. The quantitative estimate of drug-likeness (QED) is 0.777. The van der Waals surface area contributed by atoms with Crippen LogP contribution in [0.1, 0.15) is 12.0 Å². The summed E-state index contributed by atoms with van der Waals surface area (Å²) in [5.74, 6) is 0.793. The van der Waals surface area contributed by atoms with Crippen LogP contribution in [0.2, 0.25) is 0 Å². The Labute approximate surface area is 121 Å². The van der Waals surface area contributed by atoms with Crippen molar-refractivity contribution in [1.29, 1.82) is 0 Å². The summed E-state index contributed by atoms with van der Waals surface area (Å²) in [6.07, 6.45) is 1.49. The van der Waals surface area contributed by atoms with Crippen LogP contribution >= 0.6 is 15.9 Å². The number of nitrogens with zero attached hydrogens (tertiary/aromatic N) is 1. The third-order valence-corrected chi connectivity index (χ3v) is 3.70. The van der Waals surface area contributed by atoms with Gasteiger partial charge in [0.1, 0.15) is 11.9 Å². The van der Waals surface area contributed by atoms with E-state index >= 15 is 0 Å². The number of hydrogen-bond donors (Lipinski definition) is 0. The van der Waals surface area contributed by atoms with Crippen LogP contribution in [0.3, 0.4) is 0 Å². The van der Waals surface area contributed by atoms with Gasteiger partial charge in [0.25, 0.3) is 0 Å². The molecule has 2 rings (SSSR count). The minimum absolute atomic E-state index is 0.159. The molecule has 1 atom stereocenters. The first kappa shape index (κ1) is 14.3. The van der Waals surface area contributed by atoms with E-state index in [9.17, 15) is 4.79 Å². The number of benzene rings is 1. The van der Waals surface area contributed by atoms with E-state index in [4.69, 9.17) is 4.74 Å². The molecule has 0 fully saturated rings. The number of carbonyl (C=O) groups excluding carboxylic acids is 1. The molecule has 0 saturated heterocycles. The summed E-state index contributed by atoms with van der Waals surface area (Å²) in [4.78, 5) is 13.2. The number of likely N-dealkylation sites (N-methyl/N-ethyl adjacent to an activating group) is 1. The third kappa shape index (κ3) is 3.94. The number of hydrogen-bond acceptors (Lipinski definition) is 4. The summed E-state index contributed by atoms with van der Waals surface area (Å²) in [5.41, 5.74) is 1.24. The van der Waals surface area contributed by atoms with Crippen molar-refractivity contribution >= 4 is 21.9 Å². The average Bonchev–Trinajstić information content (AvgIpc) is 2.77. The van der Waals surface area contributed by atoms with E-state index in [1.54, 1.807) is 0 Å². The Bertz CT molecular complexity index is 464. The Kier molecular flexibility index (Phi) is 4.82. The van der Waals surface area contributed by atoms with Crippen molar-refractivity contribution in [1.82, 2.24) is 4.90 Å². The molecule has 0 amide bonds. The number of carbonyl (C=O) groups is 1. The van der Waals surface area contributed by atoms with E-state index in [0.717, 1.165) is 23.2 Å². The molecule has 0 aliphatic carbocycles. The smallest absolute Gasteiger partial charge is 0.306 e. The largest absolute Gasteiger partial charge is 0.488 e. The van der Waals surface area contributed by atoms with Crippen LogP contribution in [0.25, 0.3) is 0 Å². The molecule has 1 aliphatic heterocycles. The Balaban J connectivity index is 1.81. The van der Waals surface area contributed by atoms with Crippen LogP contribution in [0.15, 0.2) is 22.7 Å². The highest BCUT2D eigenvalue weighted by molar-refractivity contribution is 9.10. The van der Waals surface area contributed by atoms with Gasteiger partial charge in [0, 0.05) is 24.0 Å². The molecule has 0 N–H and O–H groups in total. The molecule has 0 aromatic heterocycles. The fourth-order valence-corrected chi connectivity index (χ4v) is 2.62. The van der Waals surface area contributed by atoms with Gasteiger partial charge in [-0.2, -0.15) is 0 Å². The fraction of sp³-hybridized carbons (Fsp3) is 0.500. The van der Waals surface area contributed by atoms with Crippen molar-refractivity contribution in [2.75, 3.05) is 27.2 Å². The topological polar surface area (TPSA) is 38.8 Å². The van der Waals surface area contributed by atoms with E-state index in [0.29, 0.717) is 13.0 Å². The zero-order chi connectivity index (χ0) is 13.8. The van der Waals surface area contributed by atoms with Crippen LogP contribution in [-0.4, -0.2) is 44.2 Å². The lowest BCUT2D eigenvalue weighted by Crippen LogP contribution is -2.33. The van der Waals surface area contributed by atoms with Gasteiger partial charge in [-0.15, -0.1) is 0 Å². The molecule has 1 unspecified atom stereocenters. The number of methoxy groups -OCH3 is 1. The van der Waals surface area contributed by atoms with Crippen molar-refractivity contribution in [2.24, 2.45) is 0 Å². The van der Waals surface area contributed by atoms with Gasteiger partial charge >= 0.3 is 5.97 Å². The minimum Gasteiger partial charge on any atom is -0.488 e. The van der Waals surface area contributed by atoms with Crippen molar-refractivity contribution in [2.45, 2.75) is 18.9 Å². The van der Waals surface area contributed by atoms with E-state index in [1.165, 1.54) is 12.7 Å². The van der Waals surface area contributed by atoms with Gasteiger partial charge in [-0.05, 0) is 30.8 Å². The van der Waals surface area contributed by atoms with Gasteiger partial charge in [0.2, 0.25) is 0 Å². The van der Waals surface area contributed by atoms with Gasteiger partial charge in [0.05, 0.1) is 13.5 Å². The molecule has 0 spiro atoms. The first-order chi connectivity index (χ1) is 9.08. The summed E-state index contributed by atoms with van der Waals surface area (Å²) in [7, 11) is 3.40. The first-order valence-corrected chi connectivity index (χ1v) is 7.08. The molecule has 1 aliphatic rings. The minimum atomic E-state index is -0.175. The maximum absolute atomic E-state index is 11.1. The molecule has 1 aromatic carbocycles. The summed E-state index contributed by atoms with van der Waals surface area (Å²) in [6, 6.07) is 6.08. The predicted molar refractivity (Wildman–Crippen MR) is 76.4 cm³/mol. The Morgan fingerprint density at radius 1 is 1.58 bits per heavy atom. The molecule has 0 bridgehead atoms. The highest BCUT2D eigenvalue weighted by Crippen LogP contribution is 2.31. The first-order valence-electron chi connectivity index (χ1n) is 6.29.